The molecule has 7 heteroatoms. The number of pyridine rings is 1. The summed E-state index contributed by atoms with van der Waals surface area (Å²) in [7, 11) is 3.51. The highest BCUT2D eigenvalue weighted by molar-refractivity contribution is 5.61. The first-order valence-electron chi connectivity index (χ1n) is 6.38. The van der Waals surface area contributed by atoms with Crippen molar-refractivity contribution in [3.05, 3.63) is 22.2 Å². The third-order valence-corrected chi connectivity index (χ3v) is 3.17. The predicted octanol–water partition coefficient (Wildman–Crippen LogP) is 1.22. The summed E-state index contributed by atoms with van der Waals surface area (Å²) >= 11 is 0. The Hall–Kier alpha value is -1.89. The summed E-state index contributed by atoms with van der Waals surface area (Å²) in [5.41, 5.74) is 0.0286. The first-order chi connectivity index (χ1) is 9.08. The lowest BCUT2D eigenvalue weighted by atomic mass is 10.1. The van der Waals surface area contributed by atoms with Crippen LogP contribution in [0.4, 0.5) is 17.3 Å². The van der Waals surface area contributed by atoms with Crippen LogP contribution in [0.25, 0.3) is 0 Å². The Kier molecular flexibility index (Phi) is 4.16. The zero-order valence-corrected chi connectivity index (χ0v) is 11.2. The van der Waals surface area contributed by atoms with Crippen molar-refractivity contribution in [3.63, 3.8) is 0 Å². The predicted molar refractivity (Wildman–Crippen MR) is 74.7 cm³/mol. The van der Waals surface area contributed by atoms with Crippen molar-refractivity contribution in [2.75, 3.05) is 37.4 Å². The molecule has 0 spiro atoms. The Morgan fingerprint density at radius 2 is 2.11 bits per heavy atom. The second kappa shape index (κ2) is 5.83. The van der Waals surface area contributed by atoms with Crippen LogP contribution in [-0.4, -0.2) is 43.1 Å². The monoisotopic (exact) mass is 265 g/mol. The highest BCUT2D eigenvalue weighted by atomic mass is 16.6. The van der Waals surface area contributed by atoms with Crippen molar-refractivity contribution in [1.29, 1.82) is 0 Å². The molecule has 0 atom stereocenters. The molecule has 1 aromatic heterocycles. The lowest BCUT2D eigenvalue weighted by Gasteiger charge is -2.24. The maximum absolute atomic E-state index is 10.9. The first-order valence-corrected chi connectivity index (χ1v) is 6.38. The Balaban J connectivity index is 2.17. The van der Waals surface area contributed by atoms with E-state index in [1.165, 1.54) is 6.07 Å². The summed E-state index contributed by atoms with van der Waals surface area (Å²) in [6.45, 7) is 1.98. The van der Waals surface area contributed by atoms with Crippen LogP contribution in [0.2, 0.25) is 0 Å². The molecule has 1 aliphatic rings. The van der Waals surface area contributed by atoms with Crippen LogP contribution in [-0.2, 0) is 0 Å². The fourth-order valence-electron chi connectivity index (χ4n) is 2.17. The molecule has 1 aromatic rings. The fraction of sp³-hybridized carbons (Fsp3) is 0.583. The molecule has 0 aromatic carbocycles. The van der Waals surface area contributed by atoms with E-state index in [1.54, 1.807) is 25.1 Å². The number of piperidine rings is 1. The van der Waals surface area contributed by atoms with Gasteiger partial charge in [0.05, 0.1) is 4.92 Å². The molecule has 0 unspecified atom stereocenters. The SMILES string of the molecule is CN(C)c1nc(NC2CCNCC2)ccc1[N+](=O)[O-]. The van der Waals surface area contributed by atoms with Gasteiger partial charge in [-0.25, -0.2) is 4.98 Å². The topological polar surface area (TPSA) is 83.3 Å². The molecule has 0 amide bonds. The smallest absolute Gasteiger partial charge is 0.311 e. The molecule has 0 bridgehead atoms. The van der Waals surface area contributed by atoms with Crippen molar-refractivity contribution in [2.45, 2.75) is 18.9 Å². The highest BCUT2D eigenvalue weighted by Crippen LogP contribution is 2.26. The molecule has 0 radical (unpaired) electrons. The lowest BCUT2D eigenvalue weighted by Crippen LogP contribution is -2.35. The largest absolute Gasteiger partial charge is 0.367 e. The second-order valence-electron chi connectivity index (χ2n) is 4.86. The molecule has 0 aliphatic carbocycles. The third-order valence-electron chi connectivity index (χ3n) is 3.17. The molecule has 0 saturated carbocycles. The molecule has 104 valence electrons. The van der Waals surface area contributed by atoms with Gasteiger partial charge >= 0.3 is 5.69 Å². The normalized spacial score (nSPS) is 16.1. The lowest BCUT2D eigenvalue weighted by molar-refractivity contribution is -0.384. The highest BCUT2D eigenvalue weighted by Gasteiger charge is 2.19. The minimum Gasteiger partial charge on any atom is -0.367 e. The van der Waals surface area contributed by atoms with E-state index in [4.69, 9.17) is 0 Å². The maximum atomic E-state index is 10.9. The summed E-state index contributed by atoms with van der Waals surface area (Å²) in [5, 5.41) is 17.6. The summed E-state index contributed by atoms with van der Waals surface area (Å²) < 4.78 is 0. The van der Waals surface area contributed by atoms with Gasteiger partial charge in [0.25, 0.3) is 0 Å². The van der Waals surface area contributed by atoms with Gasteiger partial charge in [-0.1, -0.05) is 0 Å². The maximum Gasteiger partial charge on any atom is 0.311 e. The molecule has 1 aliphatic heterocycles. The Labute approximate surface area is 112 Å². The number of nitrogens with one attached hydrogen (secondary N) is 2. The van der Waals surface area contributed by atoms with E-state index in [0.717, 1.165) is 25.9 Å². The number of hydrogen-bond donors (Lipinski definition) is 2. The number of aromatic nitrogens is 1. The molecule has 7 nitrogen and oxygen atoms in total. The van der Waals surface area contributed by atoms with Gasteiger partial charge in [0.2, 0.25) is 5.82 Å². The van der Waals surface area contributed by atoms with E-state index < -0.39 is 4.92 Å². The molecular weight excluding hydrogens is 246 g/mol. The van der Waals surface area contributed by atoms with E-state index >= 15 is 0 Å². The first kappa shape index (κ1) is 13.5. The van der Waals surface area contributed by atoms with Crippen LogP contribution >= 0.6 is 0 Å². The molecule has 1 saturated heterocycles. The van der Waals surface area contributed by atoms with Gasteiger partial charge in [-0.2, -0.15) is 0 Å². The van der Waals surface area contributed by atoms with E-state index in [2.05, 4.69) is 15.6 Å². The van der Waals surface area contributed by atoms with Gasteiger partial charge in [-0.05, 0) is 32.0 Å². The zero-order valence-electron chi connectivity index (χ0n) is 11.2. The molecule has 2 rings (SSSR count). The van der Waals surface area contributed by atoms with Crippen molar-refractivity contribution in [2.24, 2.45) is 0 Å². The second-order valence-corrected chi connectivity index (χ2v) is 4.86. The summed E-state index contributed by atoms with van der Waals surface area (Å²) in [6.07, 6.45) is 2.08. The summed E-state index contributed by atoms with van der Waals surface area (Å²) in [4.78, 5) is 16.5. The van der Waals surface area contributed by atoms with Crippen molar-refractivity contribution in [3.8, 4) is 0 Å². The standard InChI is InChI=1S/C12H19N5O2/c1-16(2)12-10(17(18)19)3-4-11(15-12)14-9-5-7-13-8-6-9/h3-4,9,13H,5-8H2,1-2H3,(H,14,15). The minimum absolute atomic E-state index is 0.0286. The number of nitro groups is 1. The van der Waals surface area contributed by atoms with E-state index in [-0.39, 0.29) is 5.69 Å². The van der Waals surface area contributed by atoms with Gasteiger partial charge in [0, 0.05) is 26.2 Å². The van der Waals surface area contributed by atoms with Crippen LogP contribution in [0, 0.1) is 10.1 Å². The number of rotatable bonds is 4. The molecule has 2 heterocycles. The van der Waals surface area contributed by atoms with Gasteiger partial charge in [0.1, 0.15) is 5.82 Å². The summed E-state index contributed by atoms with van der Waals surface area (Å²) in [6, 6.07) is 3.56. The number of hydrogen-bond acceptors (Lipinski definition) is 6. The zero-order chi connectivity index (χ0) is 13.8. The van der Waals surface area contributed by atoms with Crippen molar-refractivity contribution in [1.82, 2.24) is 10.3 Å². The van der Waals surface area contributed by atoms with Crippen LogP contribution in [0.1, 0.15) is 12.8 Å². The van der Waals surface area contributed by atoms with E-state index in [0.29, 0.717) is 17.7 Å². The van der Waals surface area contributed by atoms with E-state index in [1.807, 2.05) is 0 Å². The number of anilines is 2. The Morgan fingerprint density at radius 1 is 1.42 bits per heavy atom. The Morgan fingerprint density at radius 3 is 2.68 bits per heavy atom. The average molecular weight is 265 g/mol. The van der Waals surface area contributed by atoms with Crippen LogP contribution < -0.4 is 15.5 Å². The number of nitrogens with zero attached hydrogens (tertiary/aromatic N) is 3. The third kappa shape index (κ3) is 3.31. The summed E-state index contributed by atoms with van der Waals surface area (Å²) in [5.74, 6) is 1.07. The van der Waals surface area contributed by atoms with E-state index in [9.17, 15) is 10.1 Å². The minimum atomic E-state index is -0.406. The van der Waals surface area contributed by atoms with Gasteiger partial charge in [-0.3, -0.25) is 10.1 Å². The van der Waals surface area contributed by atoms with Gasteiger partial charge in [0.15, 0.2) is 0 Å². The average Bonchev–Trinajstić information content (AvgIpc) is 2.39. The molecule has 2 N–H and O–H groups in total. The van der Waals surface area contributed by atoms with Gasteiger partial charge in [-0.15, -0.1) is 0 Å². The van der Waals surface area contributed by atoms with Gasteiger partial charge < -0.3 is 15.5 Å². The van der Waals surface area contributed by atoms with Crippen LogP contribution in [0.3, 0.4) is 0 Å². The molecule has 1 fully saturated rings. The van der Waals surface area contributed by atoms with Crippen LogP contribution in [0.5, 0.6) is 0 Å². The van der Waals surface area contributed by atoms with Crippen molar-refractivity contribution >= 4 is 17.3 Å². The molecule has 19 heavy (non-hydrogen) atoms. The fourth-order valence-corrected chi connectivity index (χ4v) is 2.17. The van der Waals surface area contributed by atoms with Crippen molar-refractivity contribution < 1.29 is 4.92 Å². The Bertz CT molecular complexity index is 457. The van der Waals surface area contributed by atoms with Crippen LogP contribution in [0.15, 0.2) is 12.1 Å². The quantitative estimate of drug-likeness (QED) is 0.629. The molecular formula is C12H19N5O2.